The number of ketones is 1. The van der Waals surface area contributed by atoms with Gasteiger partial charge in [0, 0.05) is 15.6 Å². The third-order valence-electron chi connectivity index (χ3n) is 3.34. The van der Waals surface area contributed by atoms with Crippen molar-refractivity contribution in [2.45, 2.75) is 6.92 Å². The quantitative estimate of drug-likeness (QED) is 0.849. The zero-order chi connectivity index (χ0) is 15.0. The molecule has 1 heterocycles. The zero-order valence-corrected chi connectivity index (χ0v) is 12.9. The molecule has 1 aliphatic heterocycles. The number of nitrogens with one attached hydrogen (secondary N) is 1. The average Bonchev–Trinajstić information content (AvgIpc) is 2.46. The number of benzene rings is 2. The maximum absolute atomic E-state index is 12.7. The van der Waals surface area contributed by atoms with Crippen molar-refractivity contribution in [3.63, 3.8) is 0 Å². The minimum atomic E-state index is -0.201. The molecule has 1 aliphatic rings. The van der Waals surface area contributed by atoms with E-state index in [9.17, 15) is 9.59 Å². The molecule has 5 heteroatoms. The van der Waals surface area contributed by atoms with E-state index < -0.39 is 0 Å². The van der Waals surface area contributed by atoms with Crippen LogP contribution < -0.4 is 10.1 Å². The molecule has 0 saturated carbocycles. The number of rotatable bonds is 2. The van der Waals surface area contributed by atoms with E-state index in [4.69, 9.17) is 4.74 Å². The molecule has 0 spiro atoms. The minimum Gasteiger partial charge on any atom is -0.482 e. The highest BCUT2D eigenvalue weighted by molar-refractivity contribution is 9.10. The topological polar surface area (TPSA) is 55.4 Å². The maximum atomic E-state index is 12.7. The van der Waals surface area contributed by atoms with E-state index in [-0.39, 0.29) is 18.3 Å². The Morgan fingerprint density at radius 1 is 1.24 bits per heavy atom. The molecule has 21 heavy (non-hydrogen) atoms. The lowest BCUT2D eigenvalue weighted by atomic mass is 9.98. The second kappa shape index (κ2) is 5.33. The highest BCUT2D eigenvalue weighted by Gasteiger charge is 2.21. The lowest BCUT2D eigenvalue weighted by molar-refractivity contribution is -0.118. The van der Waals surface area contributed by atoms with Crippen LogP contribution in [-0.4, -0.2) is 18.3 Å². The smallest absolute Gasteiger partial charge is 0.262 e. The van der Waals surface area contributed by atoms with E-state index in [0.29, 0.717) is 27.0 Å². The van der Waals surface area contributed by atoms with E-state index in [0.717, 1.165) is 5.56 Å². The van der Waals surface area contributed by atoms with Gasteiger partial charge in [-0.15, -0.1) is 0 Å². The molecular weight excluding hydrogens is 334 g/mol. The third-order valence-corrected chi connectivity index (χ3v) is 3.99. The van der Waals surface area contributed by atoms with Gasteiger partial charge in [-0.25, -0.2) is 0 Å². The molecule has 1 amide bonds. The van der Waals surface area contributed by atoms with Gasteiger partial charge in [0.2, 0.25) is 0 Å². The van der Waals surface area contributed by atoms with E-state index in [2.05, 4.69) is 21.2 Å². The molecule has 1 N–H and O–H groups in total. The zero-order valence-electron chi connectivity index (χ0n) is 11.3. The monoisotopic (exact) mass is 345 g/mol. The van der Waals surface area contributed by atoms with Crippen LogP contribution in [0, 0.1) is 6.92 Å². The molecule has 2 aromatic rings. The predicted molar refractivity (Wildman–Crippen MR) is 82.9 cm³/mol. The SMILES string of the molecule is Cc1ccccc1C(=O)c1cc2c(cc1Br)NC(=O)CO2. The summed E-state index contributed by atoms with van der Waals surface area (Å²) in [6.45, 7) is 1.86. The number of halogens is 1. The number of hydrogen-bond acceptors (Lipinski definition) is 3. The van der Waals surface area contributed by atoms with Crippen LogP contribution in [0.25, 0.3) is 0 Å². The highest BCUT2D eigenvalue weighted by atomic mass is 79.9. The van der Waals surface area contributed by atoms with Crippen molar-refractivity contribution in [3.05, 3.63) is 57.6 Å². The van der Waals surface area contributed by atoms with Crippen LogP contribution in [0.5, 0.6) is 5.75 Å². The summed E-state index contributed by atoms with van der Waals surface area (Å²) in [5.41, 5.74) is 2.65. The number of anilines is 1. The Labute approximate surface area is 130 Å². The molecule has 0 radical (unpaired) electrons. The lowest BCUT2D eigenvalue weighted by Crippen LogP contribution is -2.25. The number of fused-ring (bicyclic) bond motifs is 1. The first-order chi connectivity index (χ1) is 10.1. The number of carbonyl (C=O) groups excluding carboxylic acids is 2. The van der Waals surface area contributed by atoms with Crippen molar-refractivity contribution in [1.29, 1.82) is 0 Å². The van der Waals surface area contributed by atoms with Crippen molar-refractivity contribution in [1.82, 2.24) is 0 Å². The van der Waals surface area contributed by atoms with Crippen LogP contribution in [-0.2, 0) is 4.79 Å². The Morgan fingerprint density at radius 3 is 2.76 bits per heavy atom. The summed E-state index contributed by atoms with van der Waals surface area (Å²) in [5.74, 6) is 0.227. The van der Waals surface area contributed by atoms with Gasteiger partial charge in [0.1, 0.15) is 5.75 Å². The Hall–Kier alpha value is -2.14. The number of carbonyl (C=O) groups is 2. The van der Waals surface area contributed by atoms with E-state index in [1.165, 1.54) is 0 Å². The summed E-state index contributed by atoms with van der Waals surface area (Å²) >= 11 is 3.39. The Bertz CT molecular complexity index is 755. The summed E-state index contributed by atoms with van der Waals surface area (Å²) < 4.78 is 5.99. The van der Waals surface area contributed by atoms with Crippen LogP contribution in [0.2, 0.25) is 0 Å². The fraction of sp³-hybridized carbons (Fsp3) is 0.125. The van der Waals surface area contributed by atoms with Crippen molar-refractivity contribution in [2.24, 2.45) is 0 Å². The summed E-state index contributed by atoms with van der Waals surface area (Å²) in [6, 6.07) is 10.8. The van der Waals surface area contributed by atoms with Gasteiger partial charge in [-0.3, -0.25) is 9.59 Å². The summed E-state index contributed by atoms with van der Waals surface area (Å²) in [5, 5.41) is 2.71. The van der Waals surface area contributed by atoms with Gasteiger partial charge >= 0.3 is 0 Å². The molecule has 3 rings (SSSR count). The van der Waals surface area contributed by atoms with Crippen molar-refractivity contribution in [2.75, 3.05) is 11.9 Å². The molecule has 0 bridgehead atoms. The number of ether oxygens (including phenoxy) is 1. The van der Waals surface area contributed by atoms with Gasteiger partial charge < -0.3 is 10.1 Å². The summed E-state index contributed by atoms with van der Waals surface area (Å²) in [7, 11) is 0. The molecule has 0 aromatic heterocycles. The van der Waals surface area contributed by atoms with Gasteiger partial charge in [0.15, 0.2) is 12.4 Å². The molecule has 0 atom stereocenters. The van der Waals surface area contributed by atoms with Crippen LogP contribution >= 0.6 is 15.9 Å². The highest BCUT2D eigenvalue weighted by Crippen LogP contribution is 2.34. The molecule has 0 aliphatic carbocycles. The van der Waals surface area contributed by atoms with Gasteiger partial charge in [-0.2, -0.15) is 0 Å². The van der Waals surface area contributed by atoms with Gasteiger partial charge in [-0.05, 0) is 40.5 Å². The second-order valence-electron chi connectivity index (χ2n) is 4.81. The predicted octanol–water partition coefficient (Wildman–Crippen LogP) is 3.32. The lowest BCUT2D eigenvalue weighted by Gasteiger charge is -2.19. The van der Waals surface area contributed by atoms with Gasteiger partial charge in [-0.1, -0.05) is 24.3 Å². The molecule has 106 valence electrons. The van der Waals surface area contributed by atoms with Crippen LogP contribution in [0.1, 0.15) is 21.5 Å². The van der Waals surface area contributed by atoms with Crippen LogP contribution in [0.15, 0.2) is 40.9 Å². The van der Waals surface area contributed by atoms with Crippen molar-refractivity contribution in [3.8, 4) is 5.75 Å². The van der Waals surface area contributed by atoms with Crippen LogP contribution in [0.3, 0.4) is 0 Å². The minimum absolute atomic E-state index is 0.0351. The fourth-order valence-corrected chi connectivity index (χ4v) is 2.77. The second-order valence-corrected chi connectivity index (χ2v) is 5.66. The number of hydrogen-bond donors (Lipinski definition) is 1. The Morgan fingerprint density at radius 2 is 2.00 bits per heavy atom. The average molecular weight is 346 g/mol. The molecule has 2 aromatic carbocycles. The first kappa shape index (κ1) is 13.8. The molecule has 0 fully saturated rings. The molecule has 0 unspecified atom stereocenters. The van der Waals surface area contributed by atoms with Crippen LogP contribution in [0.4, 0.5) is 5.69 Å². The first-order valence-electron chi connectivity index (χ1n) is 6.43. The Balaban J connectivity index is 2.05. The third kappa shape index (κ3) is 2.56. The molecular formula is C16H12BrNO3. The van der Waals surface area contributed by atoms with Crippen molar-refractivity contribution < 1.29 is 14.3 Å². The number of aryl methyl sites for hydroxylation is 1. The summed E-state index contributed by atoms with van der Waals surface area (Å²) in [6.07, 6.45) is 0. The normalized spacial score (nSPS) is 13.1. The largest absolute Gasteiger partial charge is 0.482 e. The summed E-state index contributed by atoms with van der Waals surface area (Å²) in [4.78, 5) is 24.0. The number of amides is 1. The first-order valence-corrected chi connectivity index (χ1v) is 7.22. The molecule has 4 nitrogen and oxygen atoms in total. The van der Waals surface area contributed by atoms with Crippen molar-refractivity contribution >= 4 is 33.3 Å². The molecule has 0 saturated heterocycles. The van der Waals surface area contributed by atoms with E-state index >= 15 is 0 Å². The van der Waals surface area contributed by atoms with Gasteiger partial charge in [0.25, 0.3) is 5.91 Å². The van der Waals surface area contributed by atoms with Gasteiger partial charge in [0.05, 0.1) is 5.69 Å². The van der Waals surface area contributed by atoms with E-state index in [1.807, 2.05) is 25.1 Å². The standard InChI is InChI=1S/C16H12BrNO3/c1-9-4-2-3-5-10(9)16(20)11-6-14-13(7-12(11)17)18-15(19)8-21-14/h2-7H,8H2,1H3,(H,18,19). The fourth-order valence-electron chi connectivity index (χ4n) is 2.25. The maximum Gasteiger partial charge on any atom is 0.262 e. The van der Waals surface area contributed by atoms with E-state index in [1.54, 1.807) is 18.2 Å². The Kier molecular flexibility index (Phi) is 3.51.